The predicted molar refractivity (Wildman–Crippen MR) is 90.9 cm³/mol. The number of hydrogen-bond acceptors (Lipinski definition) is 4. The van der Waals surface area contributed by atoms with Crippen LogP contribution in [0.2, 0.25) is 0 Å². The summed E-state index contributed by atoms with van der Waals surface area (Å²) in [6.07, 6.45) is 1.23. The second kappa shape index (κ2) is 8.50. The molecule has 0 saturated heterocycles. The van der Waals surface area contributed by atoms with Gasteiger partial charge >= 0.3 is 0 Å². The van der Waals surface area contributed by atoms with E-state index in [2.05, 4.69) is 6.58 Å². The number of fused-ring (bicyclic) bond motifs is 1. The number of aromatic nitrogens is 1. The molecule has 0 saturated carbocycles. The summed E-state index contributed by atoms with van der Waals surface area (Å²) in [4.78, 5) is 12.3. The van der Waals surface area contributed by atoms with E-state index in [1.54, 1.807) is 16.7 Å². The lowest BCUT2D eigenvalue weighted by atomic mass is 10.2. The average Bonchev–Trinajstić information content (AvgIpc) is 2.56. The van der Waals surface area contributed by atoms with E-state index in [0.29, 0.717) is 32.1 Å². The molecule has 0 aliphatic heterocycles. The van der Waals surface area contributed by atoms with E-state index in [4.69, 9.17) is 14.2 Å². The zero-order chi connectivity index (χ0) is 16.7. The Labute approximate surface area is 136 Å². The third-order valence-electron chi connectivity index (χ3n) is 3.37. The lowest BCUT2D eigenvalue weighted by Gasteiger charge is -2.19. The van der Waals surface area contributed by atoms with Gasteiger partial charge in [0.05, 0.1) is 12.1 Å². The van der Waals surface area contributed by atoms with Gasteiger partial charge in [0.2, 0.25) is 0 Å². The zero-order valence-corrected chi connectivity index (χ0v) is 13.7. The van der Waals surface area contributed by atoms with Crippen LogP contribution in [0, 0.1) is 0 Å². The first kappa shape index (κ1) is 17.2. The van der Waals surface area contributed by atoms with Gasteiger partial charge in [-0.15, -0.1) is 0 Å². The molecule has 0 aliphatic carbocycles. The van der Waals surface area contributed by atoms with Crippen LogP contribution in [-0.2, 0) is 16.0 Å². The molecule has 124 valence electrons. The highest BCUT2D eigenvalue weighted by atomic mass is 16.7. The number of benzene rings is 1. The average molecular weight is 317 g/mol. The Morgan fingerprint density at radius 1 is 1.17 bits per heavy atom. The van der Waals surface area contributed by atoms with Crippen LogP contribution in [0.3, 0.4) is 0 Å². The van der Waals surface area contributed by atoms with Crippen molar-refractivity contribution >= 4 is 10.9 Å². The molecule has 2 aromatic rings. The smallest absolute Gasteiger partial charge is 0.251 e. The van der Waals surface area contributed by atoms with E-state index in [9.17, 15) is 4.79 Å². The second-order valence-electron chi connectivity index (χ2n) is 4.94. The number of hydrogen-bond donors (Lipinski definition) is 0. The van der Waals surface area contributed by atoms with Crippen molar-refractivity contribution in [2.45, 2.75) is 26.7 Å². The summed E-state index contributed by atoms with van der Waals surface area (Å²) in [5.41, 5.74) is 0.700. The van der Waals surface area contributed by atoms with Crippen LogP contribution in [0.25, 0.3) is 10.9 Å². The lowest BCUT2D eigenvalue weighted by molar-refractivity contribution is -0.143. The molecule has 2 rings (SSSR count). The number of rotatable bonds is 9. The van der Waals surface area contributed by atoms with Crippen molar-refractivity contribution in [1.82, 2.24) is 4.57 Å². The van der Waals surface area contributed by atoms with Crippen molar-refractivity contribution in [2.24, 2.45) is 0 Å². The van der Waals surface area contributed by atoms with E-state index in [-0.39, 0.29) is 5.56 Å². The Balaban J connectivity index is 2.40. The minimum Gasteiger partial charge on any atom is -0.489 e. The largest absolute Gasteiger partial charge is 0.489 e. The molecule has 1 aromatic heterocycles. The first-order valence-electron chi connectivity index (χ1n) is 7.80. The van der Waals surface area contributed by atoms with Crippen LogP contribution >= 0.6 is 0 Å². The van der Waals surface area contributed by atoms with Crippen LogP contribution < -0.4 is 10.3 Å². The molecular formula is C18H23NO4. The van der Waals surface area contributed by atoms with Crippen molar-refractivity contribution in [1.29, 1.82) is 0 Å². The molecule has 23 heavy (non-hydrogen) atoms. The van der Waals surface area contributed by atoms with Gasteiger partial charge in [0.25, 0.3) is 5.56 Å². The molecule has 0 fully saturated rings. The quantitative estimate of drug-likeness (QED) is 0.527. The normalized spacial score (nSPS) is 11.1. The summed E-state index contributed by atoms with van der Waals surface area (Å²) in [6.45, 7) is 9.25. The molecule has 0 atom stereocenters. The topological polar surface area (TPSA) is 49.7 Å². The molecule has 0 bridgehead atoms. The summed E-state index contributed by atoms with van der Waals surface area (Å²) >= 11 is 0. The Morgan fingerprint density at radius 3 is 2.52 bits per heavy atom. The van der Waals surface area contributed by atoms with Crippen molar-refractivity contribution in [3.05, 3.63) is 53.3 Å². The van der Waals surface area contributed by atoms with Gasteiger partial charge in [0.15, 0.2) is 6.29 Å². The van der Waals surface area contributed by atoms with Gasteiger partial charge in [0, 0.05) is 25.3 Å². The molecule has 1 heterocycles. The van der Waals surface area contributed by atoms with Gasteiger partial charge in [-0.05, 0) is 37.4 Å². The maximum atomic E-state index is 12.3. The van der Waals surface area contributed by atoms with Crippen molar-refractivity contribution in [2.75, 3.05) is 19.8 Å². The highest BCUT2D eigenvalue weighted by Crippen LogP contribution is 2.20. The van der Waals surface area contributed by atoms with Gasteiger partial charge in [-0.3, -0.25) is 4.79 Å². The summed E-state index contributed by atoms with van der Waals surface area (Å²) in [5.74, 6) is 0.695. The van der Waals surface area contributed by atoms with Gasteiger partial charge in [-0.2, -0.15) is 0 Å². The third kappa shape index (κ3) is 4.43. The van der Waals surface area contributed by atoms with E-state index in [1.165, 1.54) is 0 Å². The Morgan fingerprint density at radius 2 is 1.87 bits per heavy atom. The van der Waals surface area contributed by atoms with E-state index in [1.807, 2.05) is 38.1 Å². The van der Waals surface area contributed by atoms with Crippen LogP contribution in [0.4, 0.5) is 0 Å². The molecule has 0 amide bonds. The van der Waals surface area contributed by atoms with Crippen LogP contribution in [0.1, 0.15) is 13.8 Å². The van der Waals surface area contributed by atoms with Crippen LogP contribution in [0.15, 0.2) is 47.8 Å². The number of ether oxygens (including phenoxy) is 3. The van der Waals surface area contributed by atoms with Gasteiger partial charge in [-0.25, -0.2) is 0 Å². The summed E-state index contributed by atoms with van der Waals surface area (Å²) in [5, 5.41) is 0.960. The number of pyridine rings is 1. The fourth-order valence-corrected chi connectivity index (χ4v) is 2.38. The molecule has 5 nitrogen and oxygen atoms in total. The predicted octanol–water partition coefficient (Wildman–Crippen LogP) is 2.97. The Bertz CT molecular complexity index is 702. The second-order valence-corrected chi connectivity index (χ2v) is 4.94. The fourth-order valence-electron chi connectivity index (χ4n) is 2.38. The molecule has 0 radical (unpaired) electrons. The number of nitrogens with zero attached hydrogens (tertiary/aromatic N) is 1. The third-order valence-corrected chi connectivity index (χ3v) is 3.37. The summed E-state index contributed by atoms with van der Waals surface area (Å²) in [7, 11) is 0. The standard InChI is InChI=1S/C18H23NO4/c1-4-11-23-15-9-7-14-8-10-17(20)19(16(14)12-15)13-18(21-5-2)22-6-3/h4,7-10,12,18H,1,5-6,11,13H2,2-3H3. The van der Waals surface area contributed by atoms with Crippen molar-refractivity contribution < 1.29 is 14.2 Å². The fraction of sp³-hybridized carbons (Fsp3) is 0.389. The summed E-state index contributed by atoms with van der Waals surface area (Å²) < 4.78 is 18.3. The molecule has 1 aromatic carbocycles. The van der Waals surface area contributed by atoms with E-state index >= 15 is 0 Å². The molecule has 5 heteroatoms. The van der Waals surface area contributed by atoms with Crippen molar-refractivity contribution in [3.8, 4) is 5.75 Å². The lowest BCUT2D eigenvalue weighted by Crippen LogP contribution is -2.30. The SMILES string of the molecule is C=CCOc1ccc2ccc(=O)n(CC(OCC)OCC)c2c1. The highest BCUT2D eigenvalue weighted by molar-refractivity contribution is 5.80. The minimum absolute atomic E-state index is 0.0947. The maximum absolute atomic E-state index is 12.3. The van der Waals surface area contributed by atoms with Gasteiger partial charge in [0.1, 0.15) is 12.4 Å². The highest BCUT2D eigenvalue weighted by Gasteiger charge is 2.13. The van der Waals surface area contributed by atoms with Gasteiger partial charge < -0.3 is 18.8 Å². The Kier molecular flexibility index (Phi) is 6.38. The maximum Gasteiger partial charge on any atom is 0.251 e. The molecule has 0 unspecified atom stereocenters. The van der Waals surface area contributed by atoms with Crippen LogP contribution in [-0.4, -0.2) is 30.7 Å². The zero-order valence-electron chi connectivity index (χ0n) is 13.7. The van der Waals surface area contributed by atoms with E-state index in [0.717, 1.165) is 10.9 Å². The molecule has 0 aliphatic rings. The first-order chi connectivity index (χ1) is 11.2. The molecule has 0 spiro atoms. The summed E-state index contributed by atoms with van der Waals surface area (Å²) in [6, 6.07) is 9.03. The van der Waals surface area contributed by atoms with E-state index < -0.39 is 6.29 Å². The monoisotopic (exact) mass is 317 g/mol. The van der Waals surface area contributed by atoms with Crippen molar-refractivity contribution in [3.63, 3.8) is 0 Å². The van der Waals surface area contributed by atoms with Crippen LogP contribution in [0.5, 0.6) is 5.75 Å². The molecule has 0 N–H and O–H groups in total. The Hall–Kier alpha value is -2.11. The minimum atomic E-state index is -0.453. The molecular weight excluding hydrogens is 294 g/mol. The van der Waals surface area contributed by atoms with Gasteiger partial charge in [-0.1, -0.05) is 12.7 Å². The first-order valence-corrected chi connectivity index (χ1v) is 7.80.